The van der Waals surface area contributed by atoms with Crippen molar-refractivity contribution in [1.82, 2.24) is 24.0 Å². The number of para-hydroxylation sites is 2. The lowest BCUT2D eigenvalue weighted by Gasteiger charge is -2.12. The fourth-order valence-electron chi connectivity index (χ4n) is 4.32. The van der Waals surface area contributed by atoms with Gasteiger partial charge in [0.05, 0.1) is 28.6 Å². The molecule has 0 fully saturated rings. The lowest BCUT2D eigenvalue weighted by atomic mass is 10.1. The Kier molecular flexibility index (Phi) is 6.01. The molecule has 0 saturated carbocycles. The van der Waals surface area contributed by atoms with Gasteiger partial charge in [-0.05, 0) is 63.1 Å². The average Bonchev–Trinajstić information content (AvgIpc) is 3.21. The van der Waals surface area contributed by atoms with Crippen LogP contribution < -0.4 is 11.0 Å². The van der Waals surface area contributed by atoms with Crippen molar-refractivity contribution in [3.8, 4) is 0 Å². The fraction of sp³-hybridized carbons (Fsp3) is 0.440. The molecule has 0 radical (unpaired) electrons. The number of hydrogen-bond donors (Lipinski definition) is 1. The van der Waals surface area contributed by atoms with E-state index in [0.29, 0.717) is 12.5 Å². The first-order valence-corrected chi connectivity index (χ1v) is 11.2. The second kappa shape index (κ2) is 8.71. The van der Waals surface area contributed by atoms with Crippen LogP contribution in [0.5, 0.6) is 0 Å². The Morgan fingerprint density at radius 3 is 2.39 bits per heavy atom. The van der Waals surface area contributed by atoms with Gasteiger partial charge in [-0.3, -0.25) is 9.13 Å². The van der Waals surface area contributed by atoms with E-state index in [4.69, 9.17) is 4.98 Å². The standard InChI is InChI=1S/C25H33N5O/c1-17(2)12-13-28-21-11-10-19(15-26-5)14-20(21)27-24(28)16-29-22-8-6-7-9-23(22)30(18(3)4)25(29)31/h6-11,14,17-18,26H,12-13,15-16H2,1-5H3. The second-order valence-corrected chi connectivity index (χ2v) is 9.04. The summed E-state index contributed by atoms with van der Waals surface area (Å²) in [6.45, 7) is 10.8. The predicted molar refractivity (Wildman–Crippen MR) is 128 cm³/mol. The van der Waals surface area contributed by atoms with Crippen molar-refractivity contribution in [2.75, 3.05) is 7.05 Å². The highest BCUT2D eigenvalue weighted by Gasteiger charge is 2.18. The van der Waals surface area contributed by atoms with E-state index in [0.717, 1.165) is 47.4 Å². The zero-order valence-corrected chi connectivity index (χ0v) is 19.2. The number of nitrogens with one attached hydrogen (secondary N) is 1. The second-order valence-electron chi connectivity index (χ2n) is 9.04. The molecule has 2 aromatic carbocycles. The van der Waals surface area contributed by atoms with Gasteiger partial charge >= 0.3 is 5.69 Å². The highest BCUT2D eigenvalue weighted by molar-refractivity contribution is 5.78. The minimum atomic E-state index is 0.0227. The van der Waals surface area contributed by atoms with Gasteiger partial charge < -0.3 is 9.88 Å². The summed E-state index contributed by atoms with van der Waals surface area (Å²) < 4.78 is 6.05. The summed E-state index contributed by atoms with van der Waals surface area (Å²) >= 11 is 0. The minimum absolute atomic E-state index is 0.0227. The van der Waals surface area contributed by atoms with Crippen molar-refractivity contribution in [1.29, 1.82) is 0 Å². The van der Waals surface area contributed by atoms with Gasteiger partial charge in [0.1, 0.15) is 5.82 Å². The van der Waals surface area contributed by atoms with E-state index < -0.39 is 0 Å². The molecule has 4 rings (SSSR count). The van der Waals surface area contributed by atoms with Crippen LogP contribution in [0.1, 0.15) is 51.5 Å². The van der Waals surface area contributed by atoms with Gasteiger partial charge in [0, 0.05) is 19.1 Å². The molecule has 0 aliphatic heterocycles. The number of aromatic nitrogens is 4. The van der Waals surface area contributed by atoms with E-state index in [2.05, 4.69) is 55.8 Å². The molecule has 0 aliphatic carbocycles. The normalized spacial score (nSPS) is 12.1. The number of imidazole rings is 2. The summed E-state index contributed by atoms with van der Waals surface area (Å²) in [5, 5.41) is 3.21. The van der Waals surface area contributed by atoms with Gasteiger partial charge in [-0.1, -0.05) is 32.0 Å². The van der Waals surface area contributed by atoms with Crippen LogP contribution in [-0.4, -0.2) is 25.7 Å². The van der Waals surface area contributed by atoms with Crippen LogP contribution in [0.4, 0.5) is 0 Å². The molecule has 0 amide bonds. The van der Waals surface area contributed by atoms with Crippen molar-refractivity contribution in [2.45, 2.75) is 59.8 Å². The van der Waals surface area contributed by atoms with E-state index in [9.17, 15) is 4.79 Å². The number of rotatable bonds is 8. The average molecular weight is 420 g/mol. The van der Waals surface area contributed by atoms with E-state index >= 15 is 0 Å². The number of nitrogens with zero attached hydrogens (tertiary/aromatic N) is 4. The zero-order chi connectivity index (χ0) is 22.1. The number of benzene rings is 2. The molecule has 0 bridgehead atoms. The SMILES string of the molecule is CNCc1ccc2c(c1)nc(Cn1c(=O)n(C(C)C)c3ccccc31)n2CCC(C)C. The smallest absolute Gasteiger partial charge is 0.326 e. The third kappa shape index (κ3) is 4.04. The lowest BCUT2D eigenvalue weighted by molar-refractivity contribution is 0.504. The maximum atomic E-state index is 13.3. The van der Waals surface area contributed by atoms with E-state index in [1.165, 1.54) is 5.56 Å². The molecule has 2 aromatic heterocycles. The summed E-state index contributed by atoms with van der Waals surface area (Å²) in [7, 11) is 1.95. The molecule has 1 N–H and O–H groups in total. The highest BCUT2D eigenvalue weighted by Crippen LogP contribution is 2.22. The van der Waals surface area contributed by atoms with Crippen LogP contribution in [0.25, 0.3) is 22.1 Å². The van der Waals surface area contributed by atoms with E-state index in [1.807, 2.05) is 40.4 Å². The minimum Gasteiger partial charge on any atom is -0.326 e. The van der Waals surface area contributed by atoms with Crippen molar-refractivity contribution < 1.29 is 0 Å². The molecule has 6 nitrogen and oxygen atoms in total. The molecule has 0 unspecified atom stereocenters. The third-order valence-corrected chi connectivity index (χ3v) is 5.89. The third-order valence-electron chi connectivity index (χ3n) is 5.89. The monoisotopic (exact) mass is 419 g/mol. The maximum absolute atomic E-state index is 13.3. The predicted octanol–water partition coefficient (Wildman–Crippen LogP) is 4.55. The van der Waals surface area contributed by atoms with Crippen LogP contribution in [0.15, 0.2) is 47.3 Å². The van der Waals surface area contributed by atoms with Crippen LogP contribution in [0.3, 0.4) is 0 Å². The summed E-state index contributed by atoms with van der Waals surface area (Å²) in [4.78, 5) is 18.3. The lowest BCUT2D eigenvalue weighted by Crippen LogP contribution is -2.27. The van der Waals surface area contributed by atoms with Crippen molar-refractivity contribution >= 4 is 22.1 Å². The highest BCUT2D eigenvalue weighted by atomic mass is 16.1. The first kappa shape index (κ1) is 21.4. The van der Waals surface area contributed by atoms with Crippen molar-refractivity contribution in [3.05, 3.63) is 64.3 Å². The molecule has 164 valence electrons. The molecular formula is C25H33N5O. The first-order valence-electron chi connectivity index (χ1n) is 11.2. The van der Waals surface area contributed by atoms with Crippen LogP contribution in [-0.2, 0) is 19.6 Å². The summed E-state index contributed by atoms with van der Waals surface area (Å²) in [5.74, 6) is 1.53. The topological polar surface area (TPSA) is 56.8 Å². The molecular weight excluding hydrogens is 386 g/mol. The Hall–Kier alpha value is -2.86. The maximum Gasteiger partial charge on any atom is 0.329 e. The Morgan fingerprint density at radius 1 is 0.968 bits per heavy atom. The summed E-state index contributed by atoms with van der Waals surface area (Å²) in [6.07, 6.45) is 1.07. The molecule has 0 spiro atoms. The number of aryl methyl sites for hydroxylation is 1. The molecule has 6 heteroatoms. The molecule has 0 saturated heterocycles. The summed E-state index contributed by atoms with van der Waals surface area (Å²) in [6, 6.07) is 14.6. The van der Waals surface area contributed by atoms with Gasteiger partial charge in [0.15, 0.2) is 0 Å². The van der Waals surface area contributed by atoms with E-state index in [1.54, 1.807) is 0 Å². The molecule has 0 aliphatic rings. The van der Waals surface area contributed by atoms with Crippen LogP contribution in [0, 0.1) is 5.92 Å². The molecule has 31 heavy (non-hydrogen) atoms. The fourth-order valence-corrected chi connectivity index (χ4v) is 4.32. The quantitative estimate of drug-likeness (QED) is 0.456. The Bertz CT molecular complexity index is 1260. The van der Waals surface area contributed by atoms with Crippen molar-refractivity contribution in [3.63, 3.8) is 0 Å². The van der Waals surface area contributed by atoms with Crippen molar-refractivity contribution in [2.24, 2.45) is 5.92 Å². The Morgan fingerprint density at radius 2 is 1.71 bits per heavy atom. The molecule has 4 aromatic rings. The van der Waals surface area contributed by atoms with Gasteiger partial charge in [-0.25, -0.2) is 9.78 Å². The van der Waals surface area contributed by atoms with Gasteiger partial charge in [0.25, 0.3) is 0 Å². The molecule has 0 atom stereocenters. The van der Waals surface area contributed by atoms with Crippen LogP contribution >= 0.6 is 0 Å². The first-order chi connectivity index (χ1) is 14.9. The Labute approximate surface area is 183 Å². The summed E-state index contributed by atoms with van der Waals surface area (Å²) in [5.41, 5.74) is 5.30. The van der Waals surface area contributed by atoms with Gasteiger partial charge in [-0.15, -0.1) is 0 Å². The van der Waals surface area contributed by atoms with E-state index in [-0.39, 0.29) is 11.7 Å². The largest absolute Gasteiger partial charge is 0.329 e. The Balaban J connectivity index is 1.85. The van der Waals surface area contributed by atoms with Gasteiger partial charge in [0.2, 0.25) is 0 Å². The number of hydrogen-bond acceptors (Lipinski definition) is 3. The van der Waals surface area contributed by atoms with Crippen LogP contribution in [0.2, 0.25) is 0 Å². The number of fused-ring (bicyclic) bond motifs is 2. The zero-order valence-electron chi connectivity index (χ0n) is 19.2. The molecule has 2 heterocycles. The van der Waals surface area contributed by atoms with Gasteiger partial charge in [-0.2, -0.15) is 0 Å².